The Morgan fingerprint density at radius 3 is 2.86 bits per heavy atom. The van der Waals surface area contributed by atoms with Crippen molar-refractivity contribution in [2.75, 3.05) is 25.5 Å². The molecule has 1 aliphatic carbocycles. The van der Waals surface area contributed by atoms with Gasteiger partial charge in [0.1, 0.15) is 11.4 Å². The minimum atomic E-state index is -0.159. The molecule has 2 N–H and O–H groups in total. The van der Waals surface area contributed by atoms with Crippen molar-refractivity contribution in [1.82, 2.24) is 10.3 Å². The van der Waals surface area contributed by atoms with E-state index in [9.17, 15) is 4.79 Å². The number of aromatic nitrogens is 1. The number of hydrogen-bond donors (Lipinski definition) is 2. The van der Waals surface area contributed by atoms with Gasteiger partial charge in [-0.3, -0.25) is 9.78 Å². The molecular weight excluding hydrogens is 350 g/mol. The lowest BCUT2D eigenvalue weighted by Gasteiger charge is -2.13. The number of carbonyl (C=O) groups is 1. The average Bonchev–Trinajstić information content (AvgIpc) is 2.75. The molecule has 1 amide bonds. The summed E-state index contributed by atoms with van der Waals surface area (Å²) in [5.41, 5.74) is 3.98. The monoisotopic (exact) mass is 379 g/mol. The molecule has 0 saturated heterocycles. The van der Waals surface area contributed by atoms with Gasteiger partial charge in [0.15, 0.2) is 0 Å². The molecule has 0 aliphatic heterocycles. The fourth-order valence-corrected chi connectivity index (χ4v) is 3.47. The number of rotatable bonds is 9. The minimum absolute atomic E-state index is 0.159. The Morgan fingerprint density at radius 1 is 1.14 bits per heavy atom. The molecule has 0 atom stereocenters. The van der Waals surface area contributed by atoms with E-state index in [-0.39, 0.29) is 5.91 Å². The molecule has 0 unspecified atom stereocenters. The highest BCUT2D eigenvalue weighted by atomic mass is 16.5. The van der Waals surface area contributed by atoms with E-state index in [1.807, 2.05) is 36.4 Å². The number of benzene rings is 1. The van der Waals surface area contributed by atoms with Gasteiger partial charge in [-0.2, -0.15) is 0 Å². The van der Waals surface area contributed by atoms with Gasteiger partial charge in [-0.25, -0.2) is 0 Å². The first-order chi connectivity index (χ1) is 13.8. The zero-order valence-corrected chi connectivity index (χ0v) is 16.5. The molecular formula is C23H29N3O2. The van der Waals surface area contributed by atoms with Crippen LogP contribution in [-0.2, 0) is 6.42 Å². The summed E-state index contributed by atoms with van der Waals surface area (Å²) in [6, 6.07) is 11.6. The lowest BCUT2D eigenvalue weighted by molar-refractivity contribution is 0.0949. The number of anilines is 1. The van der Waals surface area contributed by atoms with Crippen LogP contribution in [0, 0.1) is 0 Å². The van der Waals surface area contributed by atoms with E-state index in [0.717, 1.165) is 30.0 Å². The molecule has 148 valence electrons. The Kier molecular flexibility index (Phi) is 7.47. The van der Waals surface area contributed by atoms with Crippen molar-refractivity contribution in [3.8, 4) is 5.75 Å². The van der Waals surface area contributed by atoms with Crippen LogP contribution in [0.1, 0.15) is 48.2 Å². The Labute approximate surface area is 167 Å². The van der Waals surface area contributed by atoms with Gasteiger partial charge >= 0.3 is 0 Å². The molecule has 0 radical (unpaired) electrons. The van der Waals surface area contributed by atoms with E-state index in [1.54, 1.807) is 18.9 Å². The van der Waals surface area contributed by atoms with Crippen molar-refractivity contribution in [1.29, 1.82) is 0 Å². The normalized spacial score (nSPS) is 13.5. The molecule has 1 aromatic heterocycles. The number of methoxy groups -OCH3 is 1. The van der Waals surface area contributed by atoms with Crippen LogP contribution in [0.5, 0.6) is 5.75 Å². The maximum atomic E-state index is 12.4. The van der Waals surface area contributed by atoms with Crippen LogP contribution in [0.2, 0.25) is 0 Å². The summed E-state index contributed by atoms with van der Waals surface area (Å²) in [6.45, 7) is 1.41. The fraction of sp³-hybridized carbons (Fsp3) is 0.391. The molecule has 0 spiro atoms. The minimum Gasteiger partial charge on any atom is -0.496 e. The molecule has 0 saturated carbocycles. The van der Waals surface area contributed by atoms with Gasteiger partial charge in [0.05, 0.1) is 7.11 Å². The molecule has 1 heterocycles. The summed E-state index contributed by atoms with van der Waals surface area (Å²) >= 11 is 0. The maximum Gasteiger partial charge on any atom is 0.269 e. The van der Waals surface area contributed by atoms with Crippen LogP contribution < -0.4 is 15.4 Å². The second-order valence-electron chi connectivity index (χ2n) is 7.03. The van der Waals surface area contributed by atoms with Crippen LogP contribution in [0.25, 0.3) is 0 Å². The molecule has 5 nitrogen and oxygen atoms in total. The van der Waals surface area contributed by atoms with Gasteiger partial charge in [0.2, 0.25) is 0 Å². The molecule has 1 aliphatic rings. The lowest BCUT2D eigenvalue weighted by atomic mass is 9.97. The van der Waals surface area contributed by atoms with E-state index in [0.29, 0.717) is 18.7 Å². The van der Waals surface area contributed by atoms with Crippen LogP contribution in [0.3, 0.4) is 0 Å². The van der Waals surface area contributed by atoms with Crippen LogP contribution in [0.15, 0.2) is 54.2 Å². The van der Waals surface area contributed by atoms with Crippen molar-refractivity contribution >= 4 is 11.6 Å². The zero-order chi connectivity index (χ0) is 19.6. The average molecular weight is 380 g/mol. The van der Waals surface area contributed by atoms with Gasteiger partial charge < -0.3 is 15.4 Å². The summed E-state index contributed by atoms with van der Waals surface area (Å²) in [7, 11) is 1.66. The van der Waals surface area contributed by atoms with Crippen molar-refractivity contribution in [2.24, 2.45) is 0 Å². The van der Waals surface area contributed by atoms with Crippen LogP contribution >= 0.6 is 0 Å². The number of amides is 1. The Hall–Kier alpha value is -2.82. The zero-order valence-electron chi connectivity index (χ0n) is 16.5. The van der Waals surface area contributed by atoms with E-state index in [1.165, 1.54) is 25.7 Å². The highest BCUT2D eigenvalue weighted by molar-refractivity contribution is 5.93. The van der Waals surface area contributed by atoms with Crippen molar-refractivity contribution < 1.29 is 9.53 Å². The number of allylic oxidation sites excluding steroid dienone is 1. The first kappa shape index (κ1) is 19.9. The molecule has 2 aromatic rings. The predicted molar refractivity (Wildman–Crippen MR) is 113 cm³/mol. The number of hydrogen-bond acceptors (Lipinski definition) is 4. The number of para-hydroxylation sites is 1. The van der Waals surface area contributed by atoms with Gasteiger partial charge in [0, 0.05) is 25.0 Å². The Balaban J connectivity index is 1.47. The second kappa shape index (κ2) is 10.5. The van der Waals surface area contributed by atoms with Crippen molar-refractivity contribution in [2.45, 2.75) is 38.5 Å². The first-order valence-electron chi connectivity index (χ1n) is 10.0. The highest BCUT2D eigenvalue weighted by Crippen LogP contribution is 2.20. The Morgan fingerprint density at radius 2 is 2.04 bits per heavy atom. The summed E-state index contributed by atoms with van der Waals surface area (Å²) in [6.07, 6.45) is 10.9. The first-order valence-corrected chi connectivity index (χ1v) is 10.0. The SMILES string of the molecule is COc1ccccc1CCNC(=O)c1cc(NCCC2=CCCCC2)ccn1. The summed E-state index contributed by atoms with van der Waals surface area (Å²) in [5.74, 6) is 0.683. The van der Waals surface area contributed by atoms with E-state index in [4.69, 9.17) is 4.74 Å². The lowest BCUT2D eigenvalue weighted by Crippen LogP contribution is -2.26. The number of pyridine rings is 1. The molecule has 3 rings (SSSR count). The van der Waals surface area contributed by atoms with Gasteiger partial charge in [-0.1, -0.05) is 29.8 Å². The quantitative estimate of drug-likeness (QED) is 0.635. The molecule has 0 bridgehead atoms. The third kappa shape index (κ3) is 5.84. The number of nitrogens with zero attached hydrogens (tertiary/aromatic N) is 1. The summed E-state index contributed by atoms with van der Waals surface area (Å²) in [5, 5.41) is 6.35. The second-order valence-corrected chi connectivity index (χ2v) is 7.03. The fourth-order valence-electron chi connectivity index (χ4n) is 3.47. The predicted octanol–water partition coefficient (Wildman–Crippen LogP) is 4.37. The molecule has 0 fully saturated rings. The summed E-state index contributed by atoms with van der Waals surface area (Å²) in [4.78, 5) is 16.6. The summed E-state index contributed by atoms with van der Waals surface area (Å²) < 4.78 is 5.35. The van der Waals surface area contributed by atoms with Crippen LogP contribution in [0.4, 0.5) is 5.69 Å². The van der Waals surface area contributed by atoms with E-state index < -0.39 is 0 Å². The molecule has 1 aromatic carbocycles. The van der Waals surface area contributed by atoms with E-state index in [2.05, 4.69) is 21.7 Å². The topological polar surface area (TPSA) is 63.2 Å². The number of ether oxygens (including phenoxy) is 1. The van der Waals surface area contributed by atoms with Gasteiger partial charge in [-0.05, 0) is 62.3 Å². The standard InChI is InChI=1S/C23H29N3O2/c1-28-22-10-6-5-9-19(22)12-15-26-23(27)21-17-20(13-16-25-21)24-14-11-18-7-3-2-4-8-18/h5-7,9-10,13,16-17H,2-4,8,11-12,14-15H2,1H3,(H,24,25)(H,26,27). The van der Waals surface area contributed by atoms with Crippen molar-refractivity contribution in [3.05, 3.63) is 65.5 Å². The molecule has 5 heteroatoms. The van der Waals surface area contributed by atoms with E-state index >= 15 is 0 Å². The largest absolute Gasteiger partial charge is 0.496 e. The smallest absolute Gasteiger partial charge is 0.269 e. The third-order valence-electron chi connectivity index (χ3n) is 5.03. The molecule has 28 heavy (non-hydrogen) atoms. The Bertz CT molecular complexity index is 817. The van der Waals surface area contributed by atoms with Crippen molar-refractivity contribution in [3.63, 3.8) is 0 Å². The van der Waals surface area contributed by atoms with Crippen LogP contribution in [-0.4, -0.2) is 31.1 Å². The third-order valence-corrected chi connectivity index (χ3v) is 5.03. The van der Waals surface area contributed by atoms with Gasteiger partial charge in [-0.15, -0.1) is 0 Å². The number of nitrogens with one attached hydrogen (secondary N) is 2. The van der Waals surface area contributed by atoms with Gasteiger partial charge in [0.25, 0.3) is 5.91 Å². The number of carbonyl (C=O) groups excluding carboxylic acids is 1. The maximum absolute atomic E-state index is 12.4. The highest BCUT2D eigenvalue weighted by Gasteiger charge is 2.09.